The van der Waals surface area contributed by atoms with E-state index in [4.69, 9.17) is 22.1 Å². The van der Waals surface area contributed by atoms with E-state index in [1.54, 1.807) is 51.9 Å². The molecule has 4 heterocycles. The molecule has 10 nitrogen and oxygen atoms in total. The fourth-order valence-corrected chi connectivity index (χ4v) is 3.97. The second kappa shape index (κ2) is 12.6. The van der Waals surface area contributed by atoms with Crippen LogP contribution in [0.4, 0.5) is 24.7 Å². The Bertz CT molecular complexity index is 1630. The number of nitrogens with two attached hydrogens (primary N) is 1. The van der Waals surface area contributed by atoms with Crippen LogP contribution in [0.3, 0.4) is 0 Å². The number of alkyl halides is 3. The Hall–Kier alpha value is -3.78. The summed E-state index contributed by atoms with van der Waals surface area (Å²) in [6.45, 7) is 0.0823. The molecule has 1 atom stereocenters. The summed E-state index contributed by atoms with van der Waals surface area (Å²) in [7, 11) is 0. The van der Waals surface area contributed by atoms with Gasteiger partial charge in [-0.25, -0.2) is 14.5 Å². The number of nitrogens with zero attached hydrogens (tertiary/aromatic N) is 5. The molecule has 5 aromatic rings. The van der Waals surface area contributed by atoms with Gasteiger partial charge in [-0.2, -0.15) is 18.3 Å². The molecule has 1 amide bonds. The van der Waals surface area contributed by atoms with Gasteiger partial charge in [-0.1, -0.05) is 11.6 Å². The van der Waals surface area contributed by atoms with E-state index in [0.717, 1.165) is 5.52 Å². The maximum Gasteiger partial charge on any atom is 0.412 e. The van der Waals surface area contributed by atoms with Crippen molar-refractivity contribution in [3.05, 3.63) is 72.4 Å². The van der Waals surface area contributed by atoms with Crippen LogP contribution in [0.25, 0.3) is 16.6 Å². The van der Waals surface area contributed by atoms with Crippen LogP contribution in [0.5, 0.6) is 11.5 Å². The molecule has 0 bridgehead atoms. The molecule has 1 aromatic carbocycles. The summed E-state index contributed by atoms with van der Waals surface area (Å²) < 4.78 is 47.2. The minimum Gasteiger partial charge on any atom is -0.454 e. The smallest absolute Gasteiger partial charge is 0.412 e. The standard InChI is InChI=1S/C24H20ClF3N8O2.2ClH/c25-17-11-14(1-4-19(17)38-16-3-2-15-5-7-33-36(15)12-16)34-22-20-18(31-13-32-22)6-9-35(20)10-8-30-23(37)21(29)24(26,27)28;;/h1-7,9,11-13,21H,8,10,29H2,(H,30,37)(H,31,32,34);2*1H. The van der Waals surface area contributed by atoms with E-state index in [2.05, 4.69) is 25.7 Å². The van der Waals surface area contributed by atoms with Crippen molar-refractivity contribution in [1.82, 2.24) is 29.5 Å². The van der Waals surface area contributed by atoms with E-state index in [-0.39, 0.29) is 37.9 Å². The summed E-state index contributed by atoms with van der Waals surface area (Å²) in [6.07, 6.45) is 1.68. The number of hydrogen-bond donors (Lipinski definition) is 3. The first-order valence-electron chi connectivity index (χ1n) is 11.3. The van der Waals surface area contributed by atoms with Crippen molar-refractivity contribution >= 4 is 70.4 Å². The molecular weight excluding hydrogens is 596 g/mol. The molecule has 0 saturated heterocycles. The summed E-state index contributed by atoms with van der Waals surface area (Å²) in [6, 6.07) is 9.83. The summed E-state index contributed by atoms with van der Waals surface area (Å²) in [5.41, 5.74) is 7.67. The van der Waals surface area contributed by atoms with Crippen molar-refractivity contribution in [3.8, 4) is 11.5 Å². The highest BCUT2D eigenvalue weighted by Gasteiger charge is 2.41. The monoisotopic (exact) mass is 616 g/mol. The topological polar surface area (TPSA) is 124 Å². The average Bonchev–Trinajstić information content (AvgIpc) is 3.52. The molecule has 0 aliphatic rings. The van der Waals surface area contributed by atoms with Gasteiger partial charge in [0.2, 0.25) is 5.91 Å². The number of ether oxygens (including phenoxy) is 1. The number of halogens is 6. The van der Waals surface area contributed by atoms with E-state index in [1.165, 1.54) is 6.33 Å². The molecular formula is C24H22Cl3F3N8O2. The van der Waals surface area contributed by atoms with Crippen molar-refractivity contribution in [2.24, 2.45) is 5.73 Å². The summed E-state index contributed by atoms with van der Waals surface area (Å²) in [5, 5.41) is 9.91. The Morgan fingerprint density at radius 3 is 2.67 bits per heavy atom. The van der Waals surface area contributed by atoms with Gasteiger partial charge in [0, 0.05) is 31.2 Å². The van der Waals surface area contributed by atoms with Crippen molar-refractivity contribution in [1.29, 1.82) is 0 Å². The first-order chi connectivity index (χ1) is 18.2. The SMILES string of the molecule is Cl.Cl.NC(C(=O)NCCn1ccc2ncnc(Nc3ccc(Oc4ccc5ccnn5c4)c(Cl)c3)c21)C(F)(F)F. The van der Waals surface area contributed by atoms with Gasteiger partial charge in [-0.05, 0) is 42.5 Å². The van der Waals surface area contributed by atoms with Crippen LogP contribution in [0.2, 0.25) is 5.02 Å². The molecule has 0 saturated carbocycles. The lowest BCUT2D eigenvalue weighted by atomic mass is 10.3. The van der Waals surface area contributed by atoms with Gasteiger partial charge in [0.1, 0.15) is 23.3 Å². The maximum absolute atomic E-state index is 12.6. The summed E-state index contributed by atoms with van der Waals surface area (Å²) in [5.74, 6) is 0.132. The minimum atomic E-state index is -4.82. The van der Waals surface area contributed by atoms with Crippen molar-refractivity contribution in [2.75, 3.05) is 11.9 Å². The van der Waals surface area contributed by atoms with Crippen LogP contribution < -0.4 is 21.1 Å². The van der Waals surface area contributed by atoms with Crippen LogP contribution in [0, 0.1) is 0 Å². The Balaban J connectivity index is 0.00000220. The number of carbonyl (C=O) groups excluding carboxylic acids is 1. The van der Waals surface area contributed by atoms with Gasteiger partial charge in [0.25, 0.3) is 0 Å². The third-order valence-electron chi connectivity index (χ3n) is 5.63. The number of benzene rings is 1. The Morgan fingerprint density at radius 2 is 1.93 bits per heavy atom. The zero-order chi connectivity index (χ0) is 26.9. The van der Waals surface area contributed by atoms with E-state index in [0.29, 0.717) is 39.1 Å². The largest absolute Gasteiger partial charge is 0.454 e. The predicted molar refractivity (Wildman–Crippen MR) is 149 cm³/mol. The molecule has 4 N–H and O–H groups in total. The maximum atomic E-state index is 12.6. The van der Waals surface area contributed by atoms with Gasteiger partial charge >= 0.3 is 6.18 Å². The predicted octanol–water partition coefficient (Wildman–Crippen LogP) is 5.12. The Kier molecular flexibility index (Phi) is 9.69. The number of nitrogens with one attached hydrogen (secondary N) is 2. The van der Waals surface area contributed by atoms with E-state index in [1.807, 2.05) is 18.2 Å². The van der Waals surface area contributed by atoms with Crippen LogP contribution in [-0.4, -0.2) is 48.8 Å². The number of fused-ring (bicyclic) bond motifs is 2. The summed E-state index contributed by atoms with van der Waals surface area (Å²) >= 11 is 6.47. The first-order valence-corrected chi connectivity index (χ1v) is 11.6. The fraction of sp³-hybridized carbons (Fsp3) is 0.167. The van der Waals surface area contributed by atoms with Crippen LogP contribution in [0.1, 0.15) is 0 Å². The Labute approximate surface area is 242 Å². The first kappa shape index (κ1) is 30.8. The molecule has 1 unspecified atom stereocenters. The molecule has 0 fully saturated rings. The molecule has 16 heteroatoms. The van der Waals surface area contributed by atoms with Gasteiger partial charge in [-0.3, -0.25) is 4.79 Å². The van der Waals surface area contributed by atoms with Crippen molar-refractivity contribution < 1.29 is 22.7 Å². The number of aromatic nitrogens is 5. The third-order valence-corrected chi connectivity index (χ3v) is 5.92. The molecule has 5 rings (SSSR count). The number of carbonyl (C=O) groups is 1. The van der Waals surface area contributed by atoms with Gasteiger partial charge < -0.3 is 25.7 Å². The molecule has 0 aliphatic heterocycles. The van der Waals surface area contributed by atoms with Gasteiger partial charge in [0.05, 0.1) is 22.3 Å². The highest BCUT2D eigenvalue weighted by molar-refractivity contribution is 6.32. The van der Waals surface area contributed by atoms with Crippen molar-refractivity contribution in [2.45, 2.75) is 18.8 Å². The van der Waals surface area contributed by atoms with Crippen LogP contribution in [-0.2, 0) is 11.3 Å². The van der Waals surface area contributed by atoms with E-state index >= 15 is 0 Å². The summed E-state index contributed by atoms with van der Waals surface area (Å²) in [4.78, 5) is 20.2. The quantitative estimate of drug-likeness (QED) is 0.221. The molecule has 40 heavy (non-hydrogen) atoms. The highest BCUT2D eigenvalue weighted by atomic mass is 35.5. The number of hydrogen-bond acceptors (Lipinski definition) is 7. The highest BCUT2D eigenvalue weighted by Crippen LogP contribution is 2.33. The zero-order valence-electron chi connectivity index (χ0n) is 20.3. The van der Waals surface area contributed by atoms with E-state index in [9.17, 15) is 18.0 Å². The third kappa shape index (κ3) is 6.67. The zero-order valence-corrected chi connectivity index (χ0v) is 22.7. The van der Waals surface area contributed by atoms with E-state index < -0.39 is 18.1 Å². The van der Waals surface area contributed by atoms with Gasteiger partial charge in [0.15, 0.2) is 11.9 Å². The fourth-order valence-electron chi connectivity index (χ4n) is 3.75. The van der Waals surface area contributed by atoms with Gasteiger partial charge in [-0.15, -0.1) is 24.8 Å². The second-order valence-corrected chi connectivity index (χ2v) is 8.62. The number of anilines is 2. The molecule has 212 valence electrons. The lowest BCUT2D eigenvalue weighted by Crippen LogP contribution is -2.50. The molecule has 4 aromatic heterocycles. The second-order valence-electron chi connectivity index (χ2n) is 8.21. The Morgan fingerprint density at radius 1 is 1.12 bits per heavy atom. The number of pyridine rings is 1. The van der Waals surface area contributed by atoms with Crippen LogP contribution >= 0.6 is 36.4 Å². The van der Waals surface area contributed by atoms with Crippen LogP contribution in [0.15, 0.2) is 67.4 Å². The number of amides is 1. The number of rotatable bonds is 8. The molecule has 0 aliphatic carbocycles. The molecule has 0 radical (unpaired) electrons. The van der Waals surface area contributed by atoms with Crippen molar-refractivity contribution in [3.63, 3.8) is 0 Å². The lowest BCUT2D eigenvalue weighted by molar-refractivity contribution is -0.162. The normalized spacial score (nSPS) is 11.9. The lowest BCUT2D eigenvalue weighted by Gasteiger charge is -2.16. The minimum absolute atomic E-state index is 0. The molecule has 0 spiro atoms. The average molecular weight is 618 g/mol.